The molecule has 0 aliphatic carbocycles. The molecule has 120 valence electrons. The van der Waals surface area contributed by atoms with Gasteiger partial charge in [0.05, 0.1) is 19.3 Å². The van der Waals surface area contributed by atoms with Crippen LogP contribution in [0.15, 0.2) is 36.5 Å². The fraction of sp³-hybridized carbons (Fsp3) is 0.267. The van der Waals surface area contributed by atoms with E-state index in [0.717, 1.165) is 16.9 Å². The number of nitrogens with one attached hydrogen (secondary N) is 1. The van der Waals surface area contributed by atoms with Crippen molar-refractivity contribution in [3.63, 3.8) is 0 Å². The van der Waals surface area contributed by atoms with E-state index in [0.29, 0.717) is 24.7 Å². The minimum atomic E-state index is -0.606. The van der Waals surface area contributed by atoms with Crippen molar-refractivity contribution in [2.45, 2.75) is 6.10 Å². The second-order valence-corrected chi connectivity index (χ2v) is 6.07. The Morgan fingerprint density at radius 3 is 2.83 bits per heavy atom. The van der Waals surface area contributed by atoms with Crippen LogP contribution in [0.3, 0.4) is 0 Å². The van der Waals surface area contributed by atoms with Gasteiger partial charge in [-0.2, -0.15) is 0 Å². The van der Waals surface area contributed by atoms with Gasteiger partial charge in [-0.1, -0.05) is 41.7 Å². The van der Waals surface area contributed by atoms with Crippen molar-refractivity contribution in [1.29, 1.82) is 0 Å². The summed E-state index contributed by atoms with van der Waals surface area (Å²) in [5, 5.41) is 3.40. The van der Waals surface area contributed by atoms with Crippen LogP contribution in [-0.4, -0.2) is 41.5 Å². The van der Waals surface area contributed by atoms with Gasteiger partial charge in [-0.3, -0.25) is 10.1 Å². The summed E-state index contributed by atoms with van der Waals surface area (Å²) in [5.74, 6) is -0.606. The number of morpholine rings is 1. The summed E-state index contributed by atoms with van der Waals surface area (Å²) in [6.45, 7) is 1.45. The van der Waals surface area contributed by atoms with Crippen molar-refractivity contribution in [2.24, 2.45) is 5.73 Å². The van der Waals surface area contributed by atoms with Crippen LogP contribution >= 0.6 is 11.3 Å². The van der Waals surface area contributed by atoms with Crippen LogP contribution in [0, 0.1) is 0 Å². The summed E-state index contributed by atoms with van der Waals surface area (Å²) in [6.07, 6.45) is 1.29. The Balaban J connectivity index is 1.63. The van der Waals surface area contributed by atoms with Gasteiger partial charge in [0.1, 0.15) is 11.1 Å². The average molecular weight is 332 g/mol. The summed E-state index contributed by atoms with van der Waals surface area (Å²) in [5.41, 5.74) is 6.19. The zero-order valence-corrected chi connectivity index (χ0v) is 13.1. The van der Waals surface area contributed by atoms with E-state index in [1.807, 2.05) is 30.3 Å². The topological polar surface area (TPSA) is 97.6 Å². The molecule has 0 saturated carbocycles. The molecule has 0 bridgehead atoms. The Hall–Kier alpha value is -2.45. The molecule has 3 N–H and O–H groups in total. The first kappa shape index (κ1) is 15.4. The molecule has 0 radical (unpaired) electrons. The third kappa shape index (κ3) is 3.66. The van der Waals surface area contributed by atoms with Gasteiger partial charge in [-0.25, -0.2) is 9.78 Å². The molecule has 2 heterocycles. The summed E-state index contributed by atoms with van der Waals surface area (Å²) in [4.78, 5) is 28.9. The highest BCUT2D eigenvalue weighted by Gasteiger charge is 2.25. The lowest BCUT2D eigenvalue weighted by Gasteiger charge is -2.33. The Morgan fingerprint density at radius 2 is 2.13 bits per heavy atom. The molecule has 8 heteroatoms. The summed E-state index contributed by atoms with van der Waals surface area (Å²) < 4.78 is 5.74. The fourth-order valence-electron chi connectivity index (χ4n) is 2.33. The first-order valence-electron chi connectivity index (χ1n) is 7.11. The van der Waals surface area contributed by atoms with Gasteiger partial charge in [0.25, 0.3) is 5.91 Å². The quantitative estimate of drug-likeness (QED) is 0.896. The van der Waals surface area contributed by atoms with Crippen LogP contribution in [-0.2, 0) is 4.74 Å². The molecular formula is C15H16N4O3S. The zero-order chi connectivity index (χ0) is 16.2. The largest absolute Gasteiger partial charge is 0.370 e. The minimum absolute atomic E-state index is 0.140. The maximum Gasteiger partial charge on any atom is 0.322 e. The van der Waals surface area contributed by atoms with Gasteiger partial charge in [0, 0.05) is 6.54 Å². The first-order valence-corrected chi connectivity index (χ1v) is 7.93. The van der Waals surface area contributed by atoms with E-state index in [1.165, 1.54) is 6.20 Å². The smallest absolute Gasteiger partial charge is 0.322 e. The molecule has 1 fully saturated rings. The number of carbonyl (C=O) groups is 2. The van der Waals surface area contributed by atoms with Crippen LogP contribution in [0.1, 0.15) is 21.5 Å². The Bertz CT molecular complexity index is 704. The number of ether oxygens (including phenoxy) is 1. The van der Waals surface area contributed by atoms with E-state index in [9.17, 15) is 9.59 Å². The van der Waals surface area contributed by atoms with Crippen molar-refractivity contribution in [1.82, 2.24) is 9.88 Å². The molecule has 2 aromatic rings. The highest BCUT2D eigenvalue weighted by Crippen LogP contribution is 2.23. The van der Waals surface area contributed by atoms with Crippen molar-refractivity contribution in [3.05, 3.63) is 47.1 Å². The number of amides is 3. The number of nitrogens with zero attached hydrogens (tertiary/aromatic N) is 2. The maximum absolute atomic E-state index is 12.3. The third-order valence-corrected chi connectivity index (χ3v) is 4.40. The van der Waals surface area contributed by atoms with Gasteiger partial charge >= 0.3 is 6.03 Å². The number of nitrogens with two attached hydrogens (primary N) is 1. The van der Waals surface area contributed by atoms with Crippen molar-refractivity contribution < 1.29 is 14.3 Å². The summed E-state index contributed by atoms with van der Waals surface area (Å²) in [7, 11) is 0. The molecule has 1 unspecified atom stereocenters. The van der Waals surface area contributed by atoms with Gasteiger partial charge in [0.15, 0.2) is 5.01 Å². The third-order valence-electron chi connectivity index (χ3n) is 3.47. The lowest BCUT2D eigenvalue weighted by Crippen LogP contribution is -2.44. The first-order chi connectivity index (χ1) is 11.1. The Labute approximate surface area is 137 Å². The summed E-state index contributed by atoms with van der Waals surface area (Å²) >= 11 is 1.05. The molecule has 1 saturated heterocycles. The van der Waals surface area contributed by atoms with E-state index >= 15 is 0 Å². The molecule has 0 spiro atoms. The van der Waals surface area contributed by atoms with E-state index in [1.54, 1.807) is 4.90 Å². The lowest BCUT2D eigenvalue weighted by atomic mass is 10.1. The second kappa shape index (κ2) is 6.76. The van der Waals surface area contributed by atoms with Crippen LogP contribution in [0.2, 0.25) is 0 Å². The summed E-state index contributed by atoms with van der Waals surface area (Å²) in [6, 6.07) is 9.55. The number of carbonyl (C=O) groups excluding carboxylic acids is 2. The van der Waals surface area contributed by atoms with Gasteiger partial charge in [0.2, 0.25) is 0 Å². The van der Waals surface area contributed by atoms with Crippen molar-refractivity contribution in [2.75, 3.05) is 25.0 Å². The molecule has 1 aliphatic rings. The number of benzene rings is 1. The maximum atomic E-state index is 12.3. The number of rotatable bonds is 3. The van der Waals surface area contributed by atoms with Crippen LogP contribution in [0.5, 0.6) is 0 Å². The predicted octanol–water partition coefficient (Wildman–Crippen LogP) is 1.85. The van der Waals surface area contributed by atoms with E-state index in [4.69, 9.17) is 10.5 Å². The Kier molecular flexibility index (Phi) is 4.54. The standard InChI is InChI=1S/C15H16N4O3S/c16-13(20)14-17-8-12(23-14)18-15(21)19-6-7-22-11(9-19)10-4-2-1-3-5-10/h1-5,8,11H,6-7,9H2,(H2,16,20)(H,18,21). The molecule has 23 heavy (non-hydrogen) atoms. The lowest BCUT2D eigenvalue weighted by molar-refractivity contribution is -0.0134. The van der Waals surface area contributed by atoms with E-state index in [2.05, 4.69) is 10.3 Å². The predicted molar refractivity (Wildman–Crippen MR) is 86.4 cm³/mol. The van der Waals surface area contributed by atoms with E-state index in [-0.39, 0.29) is 17.1 Å². The molecule has 7 nitrogen and oxygen atoms in total. The van der Waals surface area contributed by atoms with E-state index < -0.39 is 5.91 Å². The van der Waals surface area contributed by atoms with Crippen LogP contribution < -0.4 is 11.1 Å². The van der Waals surface area contributed by atoms with Crippen molar-refractivity contribution >= 4 is 28.3 Å². The highest BCUT2D eigenvalue weighted by atomic mass is 32.1. The highest BCUT2D eigenvalue weighted by molar-refractivity contribution is 7.17. The molecule has 3 rings (SSSR count). The molecule has 1 aromatic carbocycles. The molecular weight excluding hydrogens is 316 g/mol. The van der Waals surface area contributed by atoms with Crippen LogP contribution in [0.25, 0.3) is 0 Å². The fourth-order valence-corrected chi connectivity index (χ4v) is 2.99. The number of primary amides is 1. The minimum Gasteiger partial charge on any atom is -0.370 e. The number of hydrogen-bond acceptors (Lipinski definition) is 5. The number of thiazole rings is 1. The molecule has 1 aromatic heterocycles. The number of urea groups is 1. The number of hydrogen-bond donors (Lipinski definition) is 2. The zero-order valence-electron chi connectivity index (χ0n) is 12.3. The van der Waals surface area contributed by atoms with Crippen LogP contribution in [0.4, 0.5) is 9.80 Å². The SMILES string of the molecule is NC(=O)c1ncc(NC(=O)N2CCOC(c3ccccc3)C2)s1. The molecule has 1 aliphatic heterocycles. The number of aromatic nitrogens is 1. The van der Waals surface area contributed by atoms with Gasteiger partial charge in [-0.05, 0) is 5.56 Å². The second-order valence-electron chi connectivity index (χ2n) is 5.04. The normalized spacial score (nSPS) is 17.7. The van der Waals surface area contributed by atoms with Gasteiger partial charge in [-0.15, -0.1) is 0 Å². The molecule has 1 atom stereocenters. The average Bonchev–Trinajstić information content (AvgIpc) is 3.04. The monoisotopic (exact) mass is 332 g/mol. The molecule has 3 amide bonds. The Morgan fingerprint density at radius 1 is 1.35 bits per heavy atom. The van der Waals surface area contributed by atoms with Gasteiger partial charge < -0.3 is 15.4 Å². The number of anilines is 1. The van der Waals surface area contributed by atoms with Crippen molar-refractivity contribution in [3.8, 4) is 0 Å².